The molecule has 4 unspecified atom stereocenters. The Morgan fingerprint density at radius 1 is 1.06 bits per heavy atom. The Labute approximate surface area is 208 Å². The van der Waals surface area contributed by atoms with E-state index in [-0.39, 0.29) is 6.17 Å². The molecular formula is C24H42N5S3+. The van der Waals surface area contributed by atoms with Gasteiger partial charge in [-0.05, 0) is 81.2 Å². The lowest BCUT2D eigenvalue weighted by Gasteiger charge is -2.35. The fourth-order valence-corrected chi connectivity index (χ4v) is 9.53. The van der Waals surface area contributed by atoms with Crippen LogP contribution < -0.4 is 5.32 Å². The SMILES string of the molecule is CC1CCC(N2CC(C3CCCS3)[NH2+]C2SCC2N=NC(=S)N2CC2CCCCC2)CC1. The van der Waals surface area contributed by atoms with Crippen molar-refractivity contribution >= 4 is 40.9 Å². The van der Waals surface area contributed by atoms with Gasteiger partial charge in [-0.2, -0.15) is 16.9 Å². The molecule has 0 bridgehead atoms. The largest absolute Gasteiger partial charge is 0.321 e. The van der Waals surface area contributed by atoms with Gasteiger partial charge in [0.05, 0.1) is 11.8 Å². The minimum Gasteiger partial charge on any atom is -0.321 e. The van der Waals surface area contributed by atoms with Gasteiger partial charge in [0.15, 0.2) is 11.7 Å². The third-order valence-electron chi connectivity index (χ3n) is 8.53. The minimum atomic E-state index is 0.149. The highest BCUT2D eigenvalue weighted by molar-refractivity contribution is 8.00. The first kappa shape index (κ1) is 23.8. The van der Waals surface area contributed by atoms with Gasteiger partial charge in [-0.25, -0.2) is 4.90 Å². The predicted molar refractivity (Wildman–Crippen MR) is 140 cm³/mol. The Bertz CT molecular complexity index is 656. The summed E-state index contributed by atoms with van der Waals surface area (Å²) < 4.78 is 0. The quantitative estimate of drug-likeness (QED) is 0.519. The van der Waals surface area contributed by atoms with E-state index in [1.54, 1.807) is 0 Å². The number of azo groups is 1. The van der Waals surface area contributed by atoms with Gasteiger partial charge < -0.3 is 10.2 Å². The molecule has 5 aliphatic rings. The summed E-state index contributed by atoms with van der Waals surface area (Å²) in [5.41, 5.74) is 0.542. The van der Waals surface area contributed by atoms with E-state index < -0.39 is 0 Å². The van der Waals surface area contributed by atoms with Crippen LogP contribution in [0.1, 0.15) is 77.6 Å². The maximum Gasteiger partial charge on any atom is 0.217 e. The zero-order chi connectivity index (χ0) is 21.9. The van der Waals surface area contributed by atoms with Crippen LogP contribution in [-0.2, 0) is 0 Å². The maximum absolute atomic E-state index is 5.60. The highest BCUT2D eigenvalue weighted by Gasteiger charge is 2.45. The summed E-state index contributed by atoms with van der Waals surface area (Å²) in [5, 5.41) is 13.3. The fraction of sp³-hybridized carbons (Fsp3) is 0.958. The fourth-order valence-electron chi connectivity index (χ4n) is 6.51. The molecule has 8 heteroatoms. The first-order valence-electron chi connectivity index (χ1n) is 13.2. The molecule has 0 amide bonds. The average Bonchev–Trinajstić information content (AvgIpc) is 3.55. The first-order chi connectivity index (χ1) is 15.7. The van der Waals surface area contributed by atoms with E-state index in [1.807, 2.05) is 0 Å². The molecule has 4 atom stereocenters. The second kappa shape index (κ2) is 11.2. The average molecular weight is 497 g/mol. The molecule has 5 rings (SSSR count). The Morgan fingerprint density at radius 3 is 2.62 bits per heavy atom. The van der Waals surface area contributed by atoms with E-state index in [4.69, 9.17) is 12.2 Å². The predicted octanol–water partition coefficient (Wildman–Crippen LogP) is 4.68. The number of hydrogen-bond donors (Lipinski definition) is 1. The van der Waals surface area contributed by atoms with E-state index in [0.717, 1.165) is 46.6 Å². The molecule has 0 aromatic rings. The Hall–Kier alpha value is 0.110. The van der Waals surface area contributed by atoms with Crippen molar-refractivity contribution in [2.75, 3.05) is 24.6 Å². The molecule has 2 aliphatic carbocycles. The Kier molecular flexibility index (Phi) is 8.37. The van der Waals surface area contributed by atoms with Crippen molar-refractivity contribution in [3.63, 3.8) is 0 Å². The van der Waals surface area contributed by atoms with Gasteiger partial charge >= 0.3 is 0 Å². The molecular weight excluding hydrogens is 455 g/mol. The van der Waals surface area contributed by atoms with Crippen molar-refractivity contribution in [1.29, 1.82) is 0 Å². The van der Waals surface area contributed by atoms with Crippen molar-refractivity contribution < 1.29 is 5.32 Å². The molecule has 2 N–H and O–H groups in total. The van der Waals surface area contributed by atoms with Crippen LogP contribution in [0, 0.1) is 11.8 Å². The van der Waals surface area contributed by atoms with Crippen LogP contribution in [-0.4, -0.2) is 68.5 Å². The molecule has 0 spiro atoms. The highest BCUT2D eigenvalue weighted by atomic mass is 32.2. The molecule has 4 fully saturated rings. The van der Waals surface area contributed by atoms with Gasteiger partial charge in [0.1, 0.15) is 6.04 Å². The van der Waals surface area contributed by atoms with Crippen LogP contribution in [0.15, 0.2) is 10.2 Å². The minimum absolute atomic E-state index is 0.149. The maximum atomic E-state index is 5.60. The van der Waals surface area contributed by atoms with Crippen molar-refractivity contribution in [2.45, 2.75) is 107 Å². The second-order valence-electron chi connectivity index (χ2n) is 10.9. The topological polar surface area (TPSA) is 47.8 Å². The van der Waals surface area contributed by atoms with Crippen LogP contribution in [0.25, 0.3) is 0 Å². The van der Waals surface area contributed by atoms with Crippen LogP contribution in [0.5, 0.6) is 0 Å². The van der Waals surface area contributed by atoms with Crippen LogP contribution in [0.2, 0.25) is 0 Å². The zero-order valence-electron chi connectivity index (χ0n) is 19.7. The molecule has 0 radical (unpaired) electrons. The van der Waals surface area contributed by atoms with Crippen LogP contribution in [0.3, 0.4) is 0 Å². The summed E-state index contributed by atoms with van der Waals surface area (Å²) in [7, 11) is 0. The van der Waals surface area contributed by atoms with Crippen LogP contribution >= 0.6 is 35.7 Å². The molecule has 5 nitrogen and oxygen atoms in total. The van der Waals surface area contributed by atoms with Crippen molar-refractivity contribution in [2.24, 2.45) is 22.1 Å². The third-order valence-corrected chi connectivity index (χ3v) is 11.6. The van der Waals surface area contributed by atoms with Gasteiger partial charge in [-0.15, -0.1) is 5.11 Å². The normalized spacial score (nSPS) is 39.4. The van der Waals surface area contributed by atoms with Gasteiger partial charge in [-0.1, -0.05) is 37.9 Å². The summed E-state index contributed by atoms with van der Waals surface area (Å²) in [6.07, 6.45) is 15.4. The van der Waals surface area contributed by atoms with Gasteiger partial charge in [0.25, 0.3) is 0 Å². The summed E-state index contributed by atoms with van der Waals surface area (Å²) in [6, 6.07) is 1.55. The van der Waals surface area contributed by atoms with Crippen LogP contribution in [0.4, 0.5) is 0 Å². The van der Waals surface area contributed by atoms with E-state index >= 15 is 0 Å². The zero-order valence-corrected chi connectivity index (χ0v) is 22.2. The Balaban J connectivity index is 1.20. The van der Waals surface area contributed by atoms with Crippen molar-refractivity contribution in [1.82, 2.24) is 9.80 Å². The summed E-state index contributed by atoms with van der Waals surface area (Å²) >= 11 is 9.95. The lowest BCUT2D eigenvalue weighted by atomic mass is 9.86. The summed E-state index contributed by atoms with van der Waals surface area (Å²) in [6.45, 7) is 4.78. The standard InChI is InChI=1S/C24H41N5S3/c1-17-9-11-19(12-10-17)28-15-20(21-8-5-13-31-21)25-24(28)32-16-22-26-27-23(30)29(22)14-18-6-3-2-4-7-18/h17-22,24-25H,2-16H2,1H3/p+1. The van der Waals surface area contributed by atoms with E-state index in [2.05, 4.69) is 55.8 Å². The lowest BCUT2D eigenvalue weighted by molar-refractivity contribution is -0.688. The molecule has 32 heavy (non-hydrogen) atoms. The molecule has 2 saturated heterocycles. The first-order valence-corrected chi connectivity index (χ1v) is 15.7. The molecule has 180 valence electrons. The number of quaternary nitrogens is 1. The van der Waals surface area contributed by atoms with Gasteiger partial charge in [0.2, 0.25) is 5.11 Å². The third kappa shape index (κ3) is 5.67. The van der Waals surface area contributed by atoms with E-state index in [9.17, 15) is 0 Å². The number of nitrogens with zero attached hydrogens (tertiary/aromatic N) is 4. The molecule has 3 aliphatic heterocycles. The molecule has 2 saturated carbocycles. The van der Waals surface area contributed by atoms with Crippen molar-refractivity contribution in [3.05, 3.63) is 0 Å². The van der Waals surface area contributed by atoms with E-state index in [0.29, 0.717) is 5.50 Å². The summed E-state index contributed by atoms with van der Waals surface area (Å²) in [4.78, 5) is 5.24. The second-order valence-corrected chi connectivity index (χ2v) is 13.7. The number of thiocarbonyl (C=S) groups is 1. The Morgan fingerprint density at radius 2 is 1.88 bits per heavy atom. The van der Waals surface area contributed by atoms with E-state index in [1.165, 1.54) is 82.9 Å². The molecule has 0 aromatic carbocycles. The number of rotatable bonds is 7. The lowest BCUT2D eigenvalue weighted by Crippen LogP contribution is -2.93. The van der Waals surface area contributed by atoms with Gasteiger partial charge in [-0.3, -0.25) is 0 Å². The smallest absolute Gasteiger partial charge is 0.217 e. The number of nitrogens with two attached hydrogens (primary N) is 1. The molecule has 0 aromatic heterocycles. The highest BCUT2D eigenvalue weighted by Crippen LogP contribution is 2.35. The van der Waals surface area contributed by atoms with Crippen molar-refractivity contribution in [3.8, 4) is 0 Å². The number of hydrogen-bond acceptors (Lipinski definition) is 5. The number of thioether (sulfide) groups is 2. The monoisotopic (exact) mass is 496 g/mol. The molecule has 3 heterocycles. The van der Waals surface area contributed by atoms with Gasteiger partial charge in [0, 0.05) is 18.3 Å². The summed E-state index contributed by atoms with van der Waals surface area (Å²) in [5.74, 6) is 4.07.